The van der Waals surface area contributed by atoms with E-state index in [2.05, 4.69) is 12.2 Å². The maximum Gasteiger partial charge on any atom is 0.305 e. The van der Waals surface area contributed by atoms with Crippen molar-refractivity contribution in [3.05, 3.63) is 22.4 Å². The first-order valence-electron chi connectivity index (χ1n) is 8.88. The van der Waals surface area contributed by atoms with Crippen LogP contribution in [0.1, 0.15) is 50.3 Å². The van der Waals surface area contributed by atoms with Gasteiger partial charge in [0.25, 0.3) is 0 Å². The highest BCUT2D eigenvalue weighted by Gasteiger charge is 2.41. The molecule has 0 bridgehead atoms. The van der Waals surface area contributed by atoms with Crippen LogP contribution in [0.2, 0.25) is 0 Å². The number of hydrogen-bond acceptors (Lipinski definition) is 4. The number of unbranched alkanes of at least 4 members (excludes halogenated alkanes) is 4. The molecule has 2 rings (SSSR count). The zero-order valence-electron chi connectivity index (χ0n) is 14.6. The molecule has 0 aromatic carbocycles. The molecule has 1 aromatic heterocycles. The average molecular weight is 366 g/mol. The number of carbonyl (C=O) groups excluding carboxylic acids is 2. The third-order valence-electron chi connectivity index (χ3n) is 4.43. The second-order valence-electron chi connectivity index (χ2n) is 6.40. The molecule has 25 heavy (non-hydrogen) atoms. The number of nitrogens with one attached hydrogen (secondary N) is 1. The summed E-state index contributed by atoms with van der Waals surface area (Å²) in [5.74, 6) is -1.60. The summed E-state index contributed by atoms with van der Waals surface area (Å²) in [6.45, 7) is 2.57. The molecule has 2 atom stereocenters. The molecule has 6 nitrogen and oxygen atoms in total. The van der Waals surface area contributed by atoms with Crippen LogP contribution in [0.5, 0.6) is 0 Å². The van der Waals surface area contributed by atoms with E-state index in [1.54, 1.807) is 11.3 Å². The van der Waals surface area contributed by atoms with E-state index in [0.717, 1.165) is 37.0 Å². The second kappa shape index (κ2) is 9.56. The molecule has 138 valence electrons. The van der Waals surface area contributed by atoms with Crippen molar-refractivity contribution < 1.29 is 19.5 Å². The van der Waals surface area contributed by atoms with Crippen molar-refractivity contribution in [2.75, 3.05) is 6.54 Å². The van der Waals surface area contributed by atoms with Gasteiger partial charge in [-0.2, -0.15) is 0 Å². The first kappa shape index (κ1) is 19.4. The van der Waals surface area contributed by atoms with Gasteiger partial charge in [-0.25, -0.2) is 0 Å². The molecule has 1 saturated heterocycles. The third-order valence-corrected chi connectivity index (χ3v) is 5.33. The van der Waals surface area contributed by atoms with Crippen molar-refractivity contribution in [3.63, 3.8) is 0 Å². The summed E-state index contributed by atoms with van der Waals surface area (Å²) < 4.78 is 0. The monoisotopic (exact) mass is 366 g/mol. The number of thiophene rings is 1. The third kappa shape index (κ3) is 5.56. The van der Waals surface area contributed by atoms with Crippen molar-refractivity contribution in [2.24, 2.45) is 0 Å². The van der Waals surface area contributed by atoms with Crippen LogP contribution >= 0.6 is 11.3 Å². The summed E-state index contributed by atoms with van der Waals surface area (Å²) >= 11 is 1.54. The molecule has 0 unspecified atom stereocenters. The van der Waals surface area contributed by atoms with Crippen molar-refractivity contribution in [1.82, 2.24) is 10.2 Å². The Morgan fingerprint density at radius 3 is 2.68 bits per heavy atom. The molecule has 7 heteroatoms. The van der Waals surface area contributed by atoms with Crippen LogP contribution in [0.4, 0.5) is 0 Å². The number of aliphatic carboxylic acids is 1. The Kier molecular flexibility index (Phi) is 7.43. The Bertz CT molecular complexity index is 588. The van der Waals surface area contributed by atoms with Gasteiger partial charge >= 0.3 is 5.97 Å². The zero-order valence-corrected chi connectivity index (χ0v) is 15.4. The summed E-state index contributed by atoms with van der Waals surface area (Å²) in [7, 11) is 0. The molecule has 2 amide bonds. The van der Waals surface area contributed by atoms with Crippen LogP contribution in [0.25, 0.3) is 0 Å². The van der Waals surface area contributed by atoms with Gasteiger partial charge in [-0.1, -0.05) is 38.7 Å². The molecule has 0 aliphatic carbocycles. The van der Waals surface area contributed by atoms with Gasteiger partial charge in [-0.3, -0.25) is 14.4 Å². The fraction of sp³-hybridized carbons (Fsp3) is 0.611. The first-order chi connectivity index (χ1) is 12.0. The number of piperazine rings is 1. The summed E-state index contributed by atoms with van der Waals surface area (Å²) in [4.78, 5) is 38.8. The summed E-state index contributed by atoms with van der Waals surface area (Å²) in [6.07, 6.45) is 5.25. The number of carbonyl (C=O) groups is 3. The van der Waals surface area contributed by atoms with E-state index in [4.69, 9.17) is 5.11 Å². The molecule has 0 spiro atoms. The van der Waals surface area contributed by atoms with Gasteiger partial charge in [0.15, 0.2) is 0 Å². The molecule has 1 aliphatic rings. The van der Waals surface area contributed by atoms with E-state index in [9.17, 15) is 14.4 Å². The minimum Gasteiger partial charge on any atom is -0.481 e. The van der Waals surface area contributed by atoms with Crippen molar-refractivity contribution in [2.45, 2.75) is 64.0 Å². The number of carboxylic acids is 1. The highest BCUT2D eigenvalue weighted by atomic mass is 32.1. The lowest BCUT2D eigenvalue weighted by atomic mass is 10.0. The molecule has 2 N–H and O–H groups in total. The standard InChI is InChI=1S/C18H26N2O4S/c1-2-3-4-5-6-9-20-15(12-16(21)22)17(23)19-14(18(20)24)11-13-8-7-10-25-13/h7-8,10,14-15H,2-6,9,11-12H2,1H3,(H,19,23)(H,21,22)/t14-,15-/m0/s1. The van der Waals surface area contributed by atoms with E-state index in [0.29, 0.717) is 13.0 Å². The Morgan fingerprint density at radius 2 is 2.04 bits per heavy atom. The fourth-order valence-electron chi connectivity index (χ4n) is 3.11. The van der Waals surface area contributed by atoms with E-state index in [1.165, 1.54) is 4.90 Å². The topological polar surface area (TPSA) is 86.7 Å². The van der Waals surface area contributed by atoms with Crippen LogP contribution in [0.15, 0.2) is 17.5 Å². The number of carboxylic acid groups (broad SMARTS) is 1. The number of nitrogens with zero attached hydrogens (tertiary/aromatic N) is 1. The Hall–Kier alpha value is -1.89. The highest BCUT2D eigenvalue weighted by molar-refractivity contribution is 7.09. The largest absolute Gasteiger partial charge is 0.481 e. The van der Waals surface area contributed by atoms with Gasteiger partial charge in [0.05, 0.1) is 6.42 Å². The van der Waals surface area contributed by atoms with E-state index < -0.39 is 18.1 Å². The normalized spacial score (nSPS) is 20.6. The van der Waals surface area contributed by atoms with Crippen LogP contribution in [-0.4, -0.2) is 46.4 Å². The molecular formula is C18H26N2O4S. The lowest BCUT2D eigenvalue weighted by molar-refractivity contribution is -0.153. The van der Waals surface area contributed by atoms with Gasteiger partial charge in [0.1, 0.15) is 12.1 Å². The average Bonchev–Trinajstić information content (AvgIpc) is 3.07. The van der Waals surface area contributed by atoms with Gasteiger partial charge < -0.3 is 15.3 Å². The van der Waals surface area contributed by atoms with Gasteiger partial charge in [-0.05, 0) is 17.9 Å². The highest BCUT2D eigenvalue weighted by Crippen LogP contribution is 2.19. The smallest absolute Gasteiger partial charge is 0.305 e. The molecule has 1 fully saturated rings. The quantitative estimate of drug-likeness (QED) is 0.623. The summed E-state index contributed by atoms with van der Waals surface area (Å²) in [6, 6.07) is 2.33. The van der Waals surface area contributed by atoms with Crippen molar-refractivity contribution in [1.29, 1.82) is 0 Å². The van der Waals surface area contributed by atoms with Crippen molar-refractivity contribution in [3.8, 4) is 0 Å². The lowest BCUT2D eigenvalue weighted by Gasteiger charge is -2.38. The first-order valence-corrected chi connectivity index (χ1v) is 9.76. The van der Waals surface area contributed by atoms with Crippen LogP contribution < -0.4 is 5.32 Å². The minimum atomic E-state index is -1.07. The fourth-order valence-corrected chi connectivity index (χ4v) is 3.87. The van der Waals surface area contributed by atoms with Gasteiger partial charge in [0.2, 0.25) is 11.8 Å². The Balaban J connectivity index is 2.04. The summed E-state index contributed by atoms with van der Waals surface area (Å²) in [5.41, 5.74) is 0. The Labute approximate surface area is 152 Å². The molecule has 2 heterocycles. The molecule has 1 aromatic rings. The van der Waals surface area contributed by atoms with E-state index in [1.807, 2.05) is 17.5 Å². The van der Waals surface area contributed by atoms with Gasteiger partial charge in [0, 0.05) is 17.8 Å². The zero-order chi connectivity index (χ0) is 18.2. The predicted molar refractivity (Wildman–Crippen MR) is 96.5 cm³/mol. The van der Waals surface area contributed by atoms with Crippen LogP contribution in [0.3, 0.4) is 0 Å². The number of rotatable bonds is 10. The molecule has 0 saturated carbocycles. The Morgan fingerprint density at radius 1 is 1.28 bits per heavy atom. The maximum atomic E-state index is 12.8. The molecular weight excluding hydrogens is 340 g/mol. The van der Waals surface area contributed by atoms with Crippen molar-refractivity contribution >= 4 is 29.1 Å². The van der Waals surface area contributed by atoms with Gasteiger partial charge in [-0.15, -0.1) is 11.3 Å². The lowest BCUT2D eigenvalue weighted by Crippen LogP contribution is -2.64. The number of hydrogen-bond donors (Lipinski definition) is 2. The SMILES string of the molecule is CCCCCCCN1C(=O)[C@H](Cc2cccs2)NC(=O)[C@@H]1CC(=O)O. The van der Waals surface area contributed by atoms with Crippen LogP contribution in [-0.2, 0) is 20.8 Å². The maximum absolute atomic E-state index is 12.8. The van der Waals surface area contributed by atoms with E-state index >= 15 is 0 Å². The van der Waals surface area contributed by atoms with E-state index in [-0.39, 0.29) is 18.2 Å². The minimum absolute atomic E-state index is 0.172. The second-order valence-corrected chi connectivity index (χ2v) is 7.44. The number of amides is 2. The predicted octanol–water partition coefficient (Wildman–Crippen LogP) is 2.43. The van der Waals surface area contributed by atoms with Crippen LogP contribution in [0, 0.1) is 0 Å². The molecule has 0 radical (unpaired) electrons. The molecule has 1 aliphatic heterocycles. The summed E-state index contributed by atoms with van der Waals surface area (Å²) in [5, 5.41) is 13.7.